The van der Waals surface area contributed by atoms with E-state index in [1.54, 1.807) is 0 Å². The van der Waals surface area contributed by atoms with Gasteiger partial charge in [-0.05, 0) is 37.9 Å². The number of rotatable bonds is 6. The van der Waals surface area contributed by atoms with Crippen LogP contribution < -0.4 is 10.1 Å². The Balaban J connectivity index is 2.37. The lowest BCUT2D eigenvalue weighted by Crippen LogP contribution is -2.21. The first-order valence-corrected chi connectivity index (χ1v) is 5.65. The molecule has 0 saturated carbocycles. The lowest BCUT2D eigenvalue weighted by Gasteiger charge is -2.11. The summed E-state index contributed by atoms with van der Waals surface area (Å²) in [6, 6.07) is 6.23. The van der Waals surface area contributed by atoms with E-state index in [9.17, 15) is 0 Å². The monoisotopic (exact) mass is 207 g/mol. The molecule has 0 aromatic heterocycles. The molecule has 0 aliphatic carbocycles. The number of nitrogens with one attached hydrogen (secondary N) is 1. The van der Waals surface area contributed by atoms with Crippen LogP contribution in [0.5, 0.6) is 5.75 Å². The van der Waals surface area contributed by atoms with Gasteiger partial charge in [0.1, 0.15) is 12.4 Å². The van der Waals surface area contributed by atoms with Crippen molar-refractivity contribution < 1.29 is 4.74 Å². The van der Waals surface area contributed by atoms with Gasteiger partial charge in [0.2, 0.25) is 0 Å². The highest BCUT2D eigenvalue weighted by molar-refractivity contribution is 5.39. The van der Waals surface area contributed by atoms with E-state index in [0.29, 0.717) is 0 Å². The van der Waals surface area contributed by atoms with Crippen molar-refractivity contribution in [2.45, 2.75) is 27.2 Å². The third-order valence-corrected chi connectivity index (χ3v) is 2.36. The largest absolute Gasteiger partial charge is 0.492 e. The number of para-hydroxylation sites is 1. The van der Waals surface area contributed by atoms with Gasteiger partial charge in [-0.3, -0.25) is 0 Å². The van der Waals surface area contributed by atoms with Crippen molar-refractivity contribution in [3.8, 4) is 5.75 Å². The van der Waals surface area contributed by atoms with E-state index in [0.717, 1.165) is 25.4 Å². The van der Waals surface area contributed by atoms with E-state index in [2.05, 4.69) is 44.3 Å². The molecule has 1 aromatic carbocycles. The molecule has 2 nitrogen and oxygen atoms in total. The molecule has 0 aliphatic heterocycles. The maximum atomic E-state index is 5.75. The second kappa shape index (κ2) is 6.46. The van der Waals surface area contributed by atoms with E-state index in [4.69, 9.17) is 4.74 Å². The summed E-state index contributed by atoms with van der Waals surface area (Å²) in [4.78, 5) is 0. The first-order chi connectivity index (χ1) is 7.25. The summed E-state index contributed by atoms with van der Waals surface area (Å²) in [7, 11) is 0. The average molecular weight is 207 g/mol. The highest BCUT2D eigenvalue weighted by Crippen LogP contribution is 2.21. The van der Waals surface area contributed by atoms with Gasteiger partial charge < -0.3 is 10.1 Å². The molecule has 0 unspecified atom stereocenters. The molecule has 0 atom stereocenters. The average Bonchev–Trinajstić information content (AvgIpc) is 2.21. The molecular weight excluding hydrogens is 186 g/mol. The van der Waals surface area contributed by atoms with Crippen molar-refractivity contribution in [3.05, 3.63) is 29.3 Å². The topological polar surface area (TPSA) is 21.3 Å². The Hall–Kier alpha value is -1.02. The van der Waals surface area contributed by atoms with Crippen LogP contribution in [-0.4, -0.2) is 19.7 Å². The van der Waals surface area contributed by atoms with Crippen LogP contribution in [0.25, 0.3) is 0 Å². The Kier molecular flexibility index (Phi) is 5.19. The highest BCUT2D eigenvalue weighted by Gasteiger charge is 2.01. The predicted molar refractivity (Wildman–Crippen MR) is 64.6 cm³/mol. The van der Waals surface area contributed by atoms with E-state index in [1.165, 1.54) is 17.5 Å². The second-order valence-electron chi connectivity index (χ2n) is 3.82. The number of aryl methyl sites for hydroxylation is 2. The minimum Gasteiger partial charge on any atom is -0.492 e. The van der Waals surface area contributed by atoms with E-state index >= 15 is 0 Å². The molecule has 0 bridgehead atoms. The van der Waals surface area contributed by atoms with Gasteiger partial charge in [-0.25, -0.2) is 0 Å². The standard InChI is InChI=1S/C13H21NO/c1-4-8-14-9-10-15-13-11(2)6-5-7-12(13)3/h5-7,14H,4,8-10H2,1-3H3. The normalized spacial score (nSPS) is 10.3. The van der Waals surface area contributed by atoms with Gasteiger partial charge in [-0.1, -0.05) is 25.1 Å². The van der Waals surface area contributed by atoms with Gasteiger partial charge in [0.15, 0.2) is 0 Å². The number of ether oxygens (including phenoxy) is 1. The van der Waals surface area contributed by atoms with E-state index in [1.807, 2.05) is 0 Å². The second-order valence-corrected chi connectivity index (χ2v) is 3.82. The molecule has 1 aromatic rings. The van der Waals surface area contributed by atoms with E-state index in [-0.39, 0.29) is 0 Å². The van der Waals surface area contributed by atoms with Crippen molar-refractivity contribution >= 4 is 0 Å². The fourth-order valence-electron chi connectivity index (χ4n) is 1.55. The zero-order valence-electron chi connectivity index (χ0n) is 9.97. The Morgan fingerprint density at radius 1 is 1.13 bits per heavy atom. The first-order valence-electron chi connectivity index (χ1n) is 5.65. The minimum atomic E-state index is 0.742. The molecule has 0 fully saturated rings. The predicted octanol–water partition coefficient (Wildman–Crippen LogP) is 2.68. The molecule has 84 valence electrons. The quantitative estimate of drug-likeness (QED) is 0.724. The maximum Gasteiger partial charge on any atom is 0.125 e. The van der Waals surface area contributed by atoms with Crippen LogP contribution in [0.3, 0.4) is 0 Å². The summed E-state index contributed by atoms with van der Waals surface area (Å²) in [5.41, 5.74) is 2.43. The molecule has 0 aliphatic rings. The van der Waals surface area contributed by atoms with Crippen LogP contribution in [0.15, 0.2) is 18.2 Å². The van der Waals surface area contributed by atoms with Crippen LogP contribution >= 0.6 is 0 Å². The van der Waals surface area contributed by atoms with Crippen LogP contribution in [0.2, 0.25) is 0 Å². The lowest BCUT2D eigenvalue weighted by atomic mass is 10.1. The fourth-order valence-corrected chi connectivity index (χ4v) is 1.55. The first kappa shape index (κ1) is 12.1. The van der Waals surface area contributed by atoms with Crippen molar-refractivity contribution in [3.63, 3.8) is 0 Å². The van der Waals surface area contributed by atoms with Gasteiger partial charge >= 0.3 is 0 Å². The zero-order chi connectivity index (χ0) is 11.1. The van der Waals surface area contributed by atoms with Gasteiger partial charge in [-0.15, -0.1) is 0 Å². The third-order valence-electron chi connectivity index (χ3n) is 2.36. The number of benzene rings is 1. The molecule has 1 rings (SSSR count). The molecule has 0 heterocycles. The lowest BCUT2D eigenvalue weighted by molar-refractivity contribution is 0.310. The summed E-state index contributed by atoms with van der Waals surface area (Å²) in [5.74, 6) is 1.04. The Labute approximate surface area is 92.6 Å². The highest BCUT2D eigenvalue weighted by atomic mass is 16.5. The molecule has 2 heteroatoms. The molecule has 1 N–H and O–H groups in total. The number of hydrogen-bond acceptors (Lipinski definition) is 2. The number of hydrogen-bond donors (Lipinski definition) is 1. The third kappa shape index (κ3) is 3.92. The van der Waals surface area contributed by atoms with Crippen LogP contribution in [0.4, 0.5) is 0 Å². The summed E-state index contributed by atoms with van der Waals surface area (Å²) in [5, 5.41) is 3.32. The summed E-state index contributed by atoms with van der Waals surface area (Å²) < 4.78 is 5.75. The van der Waals surface area contributed by atoms with Crippen molar-refractivity contribution in [1.82, 2.24) is 5.32 Å². The van der Waals surface area contributed by atoms with Crippen LogP contribution in [0.1, 0.15) is 24.5 Å². The Bertz CT molecular complexity index is 276. The Morgan fingerprint density at radius 2 is 1.80 bits per heavy atom. The van der Waals surface area contributed by atoms with Crippen molar-refractivity contribution in [2.24, 2.45) is 0 Å². The van der Waals surface area contributed by atoms with Crippen LogP contribution in [-0.2, 0) is 0 Å². The molecule has 0 spiro atoms. The van der Waals surface area contributed by atoms with Crippen molar-refractivity contribution in [2.75, 3.05) is 19.7 Å². The van der Waals surface area contributed by atoms with E-state index < -0.39 is 0 Å². The molecule has 0 radical (unpaired) electrons. The fraction of sp³-hybridized carbons (Fsp3) is 0.538. The van der Waals surface area contributed by atoms with Gasteiger partial charge in [-0.2, -0.15) is 0 Å². The molecular formula is C13H21NO. The summed E-state index contributed by atoms with van der Waals surface area (Å²) in [6.07, 6.45) is 1.17. The van der Waals surface area contributed by atoms with Gasteiger partial charge in [0.25, 0.3) is 0 Å². The molecule has 0 saturated heterocycles. The summed E-state index contributed by atoms with van der Waals surface area (Å²) >= 11 is 0. The molecule has 15 heavy (non-hydrogen) atoms. The van der Waals surface area contributed by atoms with Gasteiger partial charge in [0.05, 0.1) is 0 Å². The minimum absolute atomic E-state index is 0.742. The van der Waals surface area contributed by atoms with Gasteiger partial charge in [0, 0.05) is 6.54 Å². The molecule has 0 amide bonds. The van der Waals surface area contributed by atoms with Crippen LogP contribution in [0, 0.1) is 13.8 Å². The van der Waals surface area contributed by atoms with Crippen molar-refractivity contribution in [1.29, 1.82) is 0 Å². The smallest absolute Gasteiger partial charge is 0.125 e. The zero-order valence-corrected chi connectivity index (χ0v) is 9.97. The Morgan fingerprint density at radius 3 is 2.40 bits per heavy atom. The summed E-state index contributed by atoms with van der Waals surface area (Å²) in [6.45, 7) is 9.06. The maximum absolute atomic E-state index is 5.75. The SMILES string of the molecule is CCCNCCOc1c(C)cccc1C.